The predicted octanol–water partition coefficient (Wildman–Crippen LogP) is 1.21. The Morgan fingerprint density at radius 2 is 2.13 bits per heavy atom. The number of hydrogen-bond donors (Lipinski definition) is 2. The molecule has 0 spiro atoms. The van der Waals surface area contributed by atoms with E-state index in [2.05, 4.69) is 15.7 Å². The molecule has 3 heterocycles. The Bertz CT molecular complexity index is 692. The van der Waals surface area contributed by atoms with Crippen molar-refractivity contribution >= 4 is 5.91 Å². The number of piperidine rings is 1. The van der Waals surface area contributed by atoms with Gasteiger partial charge in [-0.25, -0.2) is 0 Å². The lowest BCUT2D eigenvalue weighted by Crippen LogP contribution is -2.55. The van der Waals surface area contributed by atoms with Crippen molar-refractivity contribution in [3.63, 3.8) is 0 Å². The fourth-order valence-corrected chi connectivity index (χ4v) is 3.50. The summed E-state index contributed by atoms with van der Waals surface area (Å²) >= 11 is 0. The van der Waals surface area contributed by atoms with Crippen LogP contribution in [0.4, 0.5) is 0 Å². The van der Waals surface area contributed by atoms with E-state index in [4.69, 9.17) is 4.74 Å². The number of ether oxygens (including phenoxy) is 1. The van der Waals surface area contributed by atoms with Gasteiger partial charge < -0.3 is 15.4 Å². The summed E-state index contributed by atoms with van der Waals surface area (Å²) in [7, 11) is 0. The molecular formula is C17H20N4O2. The Morgan fingerprint density at radius 1 is 1.30 bits per heavy atom. The number of carbonyl (C=O) groups excluding carboxylic acids is 1. The van der Waals surface area contributed by atoms with E-state index in [0.29, 0.717) is 6.61 Å². The molecule has 120 valence electrons. The van der Waals surface area contributed by atoms with Crippen LogP contribution in [0.1, 0.15) is 24.4 Å². The second-order valence-electron chi connectivity index (χ2n) is 6.11. The van der Waals surface area contributed by atoms with Gasteiger partial charge in [0.1, 0.15) is 17.9 Å². The fraction of sp³-hybridized carbons (Fsp3) is 0.412. The molecule has 0 aliphatic carbocycles. The van der Waals surface area contributed by atoms with Gasteiger partial charge in [-0.15, -0.1) is 0 Å². The van der Waals surface area contributed by atoms with E-state index < -0.39 is 5.54 Å². The molecule has 2 aromatic rings. The van der Waals surface area contributed by atoms with E-state index in [0.717, 1.165) is 37.2 Å². The number of nitrogens with zero attached hydrogens (tertiary/aromatic N) is 2. The van der Waals surface area contributed by atoms with Gasteiger partial charge in [0, 0.05) is 18.0 Å². The number of hydrogen-bond acceptors (Lipinski definition) is 4. The summed E-state index contributed by atoms with van der Waals surface area (Å²) < 4.78 is 7.48. The number of benzene rings is 1. The van der Waals surface area contributed by atoms with Crippen LogP contribution in [0.2, 0.25) is 0 Å². The second kappa shape index (κ2) is 5.70. The first kappa shape index (κ1) is 14.3. The SMILES string of the molecule is O=C(NC1COc2ccccc21)C1(n2cccn2)CCNCC1. The van der Waals surface area contributed by atoms with E-state index in [1.165, 1.54) is 0 Å². The van der Waals surface area contributed by atoms with Crippen molar-refractivity contribution in [1.29, 1.82) is 0 Å². The molecule has 6 heteroatoms. The monoisotopic (exact) mass is 312 g/mol. The zero-order valence-corrected chi connectivity index (χ0v) is 12.9. The lowest BCUT2D eigenvalue weighted by molar-refractivity contribution is -0.132. The molecule has 1 saturated heterocycles. The highest BCUT2D eigenvalue weighted by Crippen LogP contribution is 2.34. The average Bonchev–Trinajstić information content (AvgIpc) is 3.26. The first-order chi connectivity index (χ1) is 11.3. The van der Waals surface area contributed by atoms with Gasteiger partial charge in [-0.1, -0.05) is 18.2 Å². The van der Waals surface area contributed by atoms with Gasteiger partial charge in [0.2, 0.25) is 5.91 Å². The zero-order valence-electron chi connectivity index (χ0n) is 12.9. The van der Waals surface area contributed by atoms with Gasteiger partial charge in [0.25, 0.3) is 0 Å². The number of fused-ring (bicyclic) bond motifs is 1. The van der Waals surface area contributed by atoms with Gasteiger partial charge in [-0.05, 0) is 38.1 Å². The summed E-state index contributed by atoms with van der Waals surface area (Å²) in [5.41, 5.74) is 0.428. The maximum Gasteiger partial charge on any atom is 0.248 e. The van der Waals surface area contributed by atoms with E-state index in [1.807, 2.05) is 41.2 Å². The van der Waals surface area contributed by atoms with Crippen LogP contribution in [0, 0.1) is 0 Å². The van der Waals surface area contributed by atoms with Crippen molar-refractivity contribution in [2.45, 2.75) is 24.4 Å². The Balaban J connectivity index is 1.60. The highest BCUT2D eigenvalue weighted by molar-refractivity contribution is 5.85. The molecule has 23 heavy (non-hydrogen) atoms. The lowest BCUT2D eigenvalue weighted by atomic mass is 9.87. The standard InChI is InChI=1S/C17H20N4O2/c22-16(20-14-12-23-15-5-2-1-4-13(14)15)17(6-9-18-10-7-17)21-11-3-8-19-21/h1-5,8,11,14,18H,6-7,9-10,12H2,(H,20,22). The normalized spacial score (nSPS) is 22.2. The largest absolute Gasteiger partial charge is 0.491 e. The van der Waals surface area contributed by atoms with Crippen LogP contribution < -0.4 is 15.4 Å². The van der Waals surface area contributed by atoms with Crippen molar-refractivity contribution < 1.29 is 9.53 Å². The summed E-state index contributed by atoms with van der Waals surface area (Å²) in [5.74, 6) is 0.879. The Morgan fingerprint density at radius 3 is 2.91 bits per heavy atom. The highest BCUT2D eigenvalue weighted by atomic mass is 16.5. The molecule has 1 unspecified atom stereocenters. The van der Waals surface area contributed by atoms with Crippen molar-refractivity contribution in [2.24, 2.45) is 0 Å². The summed E-state index contributed by atoms with van der Waals surface area (Å²) in [6.07, 6.45) is 5.07. The van der Waals surface area contributed by atoms with Crippen molar-refractivity contribution in [1.82, 2.24) is 20.4 Å². The Labute approximate surface area is 134 Å². The van der Waals surface area contributed by atoms with Crippen LogP contribution in [0.25, 0.3) is 0 Å². The third-order valence-electron chi connectivity index (χ3n) is 4.80. The molecule has 0 bridgehead atoms. The van der Waals surface area contributed by atoms with Gasteiger partial charge in [-0.2, -0.15) is 5.10 Å². The van der Waals surface area contributed by atoms with Crippen molar-refractivity contribution in [3.05, 3.63) is 48.3 Å². The molecule has 2 aliphatic rings. The molecule has 1 aromatic heterocycles. The number of aromatic nitrogens is 2. The van der Waals surface area contributed by atoms with Gasteiger partial charge >= 0.3 is 0 Å². The Hall–Kier alpha value is -2.34. The number of amides is 1. The van der Waals surface area contributed by atoms with E-state index in [9.17, 15) is 4.79 Å². The van der Waals surface area contributed by atoms with Crippen LogP contribution in [-0.2, 0) is 10.3 Å². The van der Waals surface area contributed by atoms with Gasteiger partial charge in [0.05, 0.1) is 6.04 Å². The van der Waals surface area contributed by atoms with Gasteiger partial charge in [0.15, 0.2) is 0 Å². The minimum Gasteiger partial charge on any atom is -0.491 e. The van der Waals surface area contributed by atoms with Crippen LogP contribution in [0.15, 0.2) is 42.7 Å². The third kappa shape index (κ3) is 2.39. The molecule has 2 N–H and O–H groups in total. The minimum atomic E-state index is -0.619. The van der Waals surface area contributed by atoms with Crippen LogP contribution >= 0.6 is 0 Å². The molecule has 2 aliphatic heterocycles. The first-order valence-corrected chi connectivity index (χ1v) is 8.03. The zero-order chi connectivity index (χ0) is 15.7. The van der Waals surface area contributed by atoms with Gasteiger partial charge in [-0.3, -0.25) is 9.48 Å². The van der Waals surface area contributed by atoms with Crippen molar-refractivity contribution in [3.8, 4) is 5.75 Å². The van der Waals surface area contributed by atoms with Crippen molar-refractivity contribution in [2.75, 3.05) is 19.7 Å². The van der Waals surface area contributed by atoms with Crippen LogP contribution in [0.3, 0.4) is 0 Å². The third-order valence-corrected chi connectivity index (χ3v) is 4.80. The fourth-order valence-electron chi connectivity index (χ4n) is 3.50. The van der Waals surface area contributed by atoms with E-state index >= 15 is 0 Å². The number of carbonyl (C=O) groups is 1. The van der Waals surface area contributed by atoms with Crippen LogP contribution in [-0.4, -0.2) is 35.4 Å². The average molecular weight is 312 g/mol. The summed E-state index contributed by atoms with van der Waals surface area (Å²) in [5, 5.41) is 10.8. The van der Waals surface area contributed by atoms with E-state index in [-0.39, 0.29) is 11.9 Å². The molecule has 1 aromatic carbocycles. The first-order valence-electron chi connectivity index (χ1n) is 8.03. The lowest BCUT2D eigenvalue weighted by Gasteiger charge is -2.37. The van der Waals surface area contributed by atoms with Crippen LogP contribution in [0.5, 0.6) is 5.75 Å². The summed E-state index contributed by atoms with van der Waals surface area (Å²) in [4.78, 5) is 13.1. The topological polar surface area (TPSA) is 68.2 Å². The molecular weight excluding hydrogens is 292 g/mol. The molecule has 0 radical (unpaired) electrons. The molecule has 1 fully saturated rings. The molecule has 1 amide bonds. The second-order valence-corrected chi connectivity index (χ2v) is 6.11. The molecule has 0 saturated carbocycles. The maximum absolute atomic E-state index is 13.1. The molecule has 4 rings (SSSR count). The summed E-state index contributed by atoms with van der Waals surface area (Å²) in [6, 6.07) is 9.64. The molecule has 1 atom stereocenters. The predicted molar refractivity (Wildman–Crippen MR) is 85.1 cm³/mol. The molecule has 6 nitrogen and oxygen atoms in total. The number of para-hydroxylation sites is 1. The quantitative estimate of drug-likeness (QED) is 0.894. The smallest absolute Gasteiger partial charge is 0.248 e. The summed E-state index contributed by atoms with van der Waals surface area (Å²) in [6.45, 7) is 2.11. The Kier molecular flexibility index (Phi) is 3.53. The maximum atomic E-state index is 13.1. The van der Waals surface area contributed by atoms with E-state index in [1.54, 1.807) is 6.20 Å². The number of nitrogens with one attached hydrogen (secondary N) is 2. The highest BCUT2D eigenvalue weighted by Gasteiger charge is 2.43. The minimum absolute atomic E-state index is 0.0213. The number of rotatable bonds is 3.